The van der Waals surface area contributed by atoms with E-state index in [-0.39, 0.29) is 35.8 Å². The monoisotopic (exact) mass is 192 g/mol. The fourth-order valence-corrected chi connectivity index (χ4v) is 1.88. The van der Waals surface area contributed by atoms with E-state index in [2.05, 4.69) is 27.7 Å². The van der Waals surface area contributed by atoms with Crippen LogP contribution in [0.2, 0.25) is 0 Å². The Morgan fingerprint density at radius 3 is 2.07 bits per heavy atom. The summed E-state index contributed by atoms with van der Waals surface area (Å²) in [4.78, 5) is 13.0. The van der Waals surface area contributed by atoms with Crippen molar-refractivity contribution in [3.05, 3.63) is 0 Å². The molecule has 78 valence electrons. The molecule has 1 fully saturated rings. The van der Waals surface area contributed by atoms with Crippen LogP contribution in [0.1, 0.15) is 40.5 Å². The Labute approximate surface area is 98.6 Å². The number of carbonyl (C=O) groups excluding carboxylic acids is 1. The van der Waals surface area contributed by atoms with Crippen molar-refractivity contribution in [2.24, 2.45) is 11.1 Å². The van der Waals surface area contributed by atoms with Crippen LogP contribution < -0.4 is 5.73 Å². The number of amides is 2. The number of nitrogens with zero attached hydrogens (tertiary/aromatic N) is 1. The van der Waals surface area contributed by atoms with Gasteiger partial charge >= 0.3 is 24.9 Å². The Bertz CT molecular complexity index is 226. The third-order valence-electron chi connectivity index (χ3n) is 3.00. The summed E-state index contributed by atoms with van der Waals surface area (Å²) in [5.74, 6) is 0. The van der Waals surface area contributed by atoms with Gasteiger partial charge in [-0.05, 0) is 32.1 Å². The molecule has 4 heteroatoms. The fraction of sp³-hybridized carbons (Fsp3) is 0.900. The number of piperidine rings is 1. The van der Waals surface area contributed by atoms with E-state index >= 15 is 0 Å². The molecule has 1 heterocycles. The second-order valence-electron chi connectivity index (χ2n) is 5.40. The summed E-state index contributed by atoms with van der Waals surface area (Å²) in [6.45, 7) is 9.28. The molecule has 1 rings (SSSR count). The van der Waals surface area contributed by atoms with Gasteiger partial charge in [0.2, 0.25) is 0 Å². The van der Waals surface area contributed by atoms with Gasteiger partial charge in [0.05, 0.1) is 0 Å². The molecule has 0 aromatic heterocycles. The van der Waals surface area contributed by atoms with Gasteiger partial charge in [-0.1, -0.05) is 13.8 Å². The number of likely N-dealkylation sites (tertiary alicyclic amines) is 1. The minimum absolute atomic E-state index is 0. The molecular formula is C10H21LiN2O. The van der Waals surface area contributed by atoms with Gasteiger partial charge in [-0.2, -0.15) is 0 Å². The quantitative estimate of drug-likeness (QED) is 0.578. The van der Waals surface area contributed by atoms with Crippen LogP contribution in [0, 0.1) is 5.41 Å². The predicted molar refractivity (Wildman–Crippen MR) is 60.5 cm³/mol. The Hall–Kier alpha value is -0.133. The van der Waals surface area contributed by atoms with Gasteiger partial charge in [0.1, 0.15) is 0 Å². The van der Waals surface area contributed by atoms with E-state index < -0.39 is 0 Å². The molecule has 3 nitrogen and oxygen atoms in total. The number of carbonyl (C=O) groups is 1. The topological polar surface area (TPSA) is 46.3 Å². The number of primary amides is 1. The van der Waals surface area contributed by atoms with Crippen LogP contribution in [-0.4, -0.2) is 41.9 Å². The van der Waals surface area contributed by atoms with Gasteiger partial charge in [-0.3, -0.25) is 0 Å². The Kier molecular flexibility index (Phi) is 4.12. The fourth-order valence-electron chi connectivity index (χ4n) is 1.88. The molecule has 1 aliphatic heterocycles. The summed E-state index contributed by atoms with van der Waals surface area (Å²) in [6.07, 6.45) is 2.19. The predicted octanol–water partition coefficient (Wildman–Crippen LogP) is 1.32. The third-order valence-corrected chi connectivity index (χ3v) is 3.00. The molecule has 0 aromatic rings. The molecule has 14 heavy (non-hydrogen) atoms. The van der Waals surface area contributed by atoms with Crippen LogP contribution >= 0.6 is 0 Å². The van der Waals surface area contributed by atoms with E-state index in [0.29, 0.717) is 0 Å². The van der Waals surface area contributed by atoms with E-state index in [0.717, 1.165) is 19.4 Å². The Morgan fingerprint density at radius 2 is 1.71 bits per heavy atom. The number of nitrogens with two attached hydrogens (primary N) is 1. The Balaban J connectivity index is 0.00000169. The average Bonchev–Trinajstić information content (AvgIpc) is 1.95. The molecule has 0 spiro atoms. The molecule has 1 aliphatic rings. The molecule has 0 atom stereocenters. The van der Waals surface area contributed by atoms with Gasteiger partial charge in [0, 0.05) is 12.1 Å². The summed E-state index contributed by atoms with van der Waals surface area (Å²) in [5, 5.41) is 0. The van der Waals surface area contributed by atoms with Crippen molar-refractivity contribution in [3.63, 3.8) is 0 Å². The van der Waals surface area contributed by atoms with Crippen molar-refractivity contribution in [2.45, 2.75) is 46.1 Å². The third kappa shape index (κ3) is 2.93. The first kappa shape index (κ1) is 13.9. The number of hydrogen-bond donors (Lipinski definition) is 1. The summed E-state index contributed by atoms with van der Waals surface area (Å²) < 4.78 is 0. The van der Waals surface area contributed by atoms with Crippen LogP contribution in [0.3, 0.4) is 0 Å². The SMILES string of the molecule is CC1(C)CCC(C)(C)N(C(N)=O)C1.[LiH]. The molecule has 1 saturated heterocycles. The number of hydrogen-bond acceptors (Lipinski definition) is 1. The van der Waals surface area contributed by atoms with Crippen molar-refractivity contribution < 1.29 is 4.79 Å². The van der Waals surface area contributed by atoms with Crippen molar-refractivity contribution >= 4 is 24.9 Å². The van der Waals surface area contributed by atoms with Gasteiger partial charge in [0.25, 0.3) is 0 Å². The second-order valence-corrected chi connectivity index (χ2v) is 5.40. The average molecular weight is 192 g/mol. The first-order valence-electron chi connectivity index (χ1n) is 4.82. The van der Waals surface area contributed by atoms with Crippen LogP contribution in [0.25, 0.3) is 0 Å². The van der Waals surface area contributed by atoms with Gasteiger partial charge in [-0.15, -0.1) is 0 Å². The van der Waals surface area contributed by atoms with Gasteiger partial charge < -0.3 is 10.6 Å². The normalized spacial score (nSPS) is 23.9. The first-order valence-corrected chi connectivity index (χ1v) is 4.82. The van der Waals surface area contributed by atoms with Crippen molar-refractivity contribution in [1.82, 2.24) is 4.90 Å². The summed E-state index contributed by atoms with van der Waals surface area (Å²) in [5.41, 5.74) is 5.50. The maximum atomic E-state index is 11.2. The van der Waals surface area contributed by atoms with Crippen molar-refractivity contribution in [2.75, 3.05) is 6.54 Å². The molecule has 0 radical (unpaired) electrons. The van der Waals surface area contributed by atoms with Crippen molar-refractivity contribution in [3.8, 4) is 0 Å². The molecule has 0 saturated carbocycles. The minimum atomic E-state index is -0.294. The molecule has 0 bridgehead atoms. The second kappa shape index (κ2) is 4.16. The summed E-state index contributed by atoms with van der Waals surface area (Å²) in [7, 11) is 0. The number of rotatable bonds is 0. The molecule has 0 aliphatic carbocycles. The zero-order valence-corrected chi connectivity index (χ0v) is 9.05. The van der Waals surface area contributed by atoms with Gasteiger partial charge in [-0.25, -0.2) is 4.79 Å². The van der Waals surface area contributed by atoms with Crippen LogP contribution in [0.4, 0.5) is 4.79 Å². The van der Waals surface area contributed by atoms with Crippen LogP contribution in [0.15, 0.2) is 0 Å². The van der Waals surface area contributed by atoms with Crippen LogP contribution in [0.5, 0.6) is 0 Å². The van der Waals surface area contributed by atoms with Crippen LogP contribution in [-0.2, 0) is 0 Å². The summed E-state index contributed by atoms with van der Waals surface area (Å²) in [6, 6.07) is -0.294. The maximum absolute atomic E-state index is 11.2. The van der Waals surface area contributed by atoms with E-state index in [1.54, 1.807) is 4.90 Å². The zero-order valence-electron chi connectivity index (χ0n) is 9.05. The molecule has 0 aromatic carbocycles. The van der Waals surface area contributed by atoms with E-state index in [1.165, 1.54) is 0 Å². The molecular weight excluding hydrogens is 171 g/mol. The van der Waals surface area contributed by atoms with E-state index in [4.69, 9.17) is 5.73 Å². The van der Waals surface area contributed by atoms with Crippen molar-refractivity contribution in [1.29, 1.82) is 0 Å². The number of urea groups is 1. The molecule has 0 unspecified atom stereocenters. The Morgan fingerprint density at radius 1 is 1.21 bits per heavy atom. The molecule has 2 amide bonds. The first-order chi connectivity index (χ1) is 5.75. The van der Waals surface area contributed by atoms with E-state index in [9.17, 15) is 4.79 Å². The zero-order chi connectivity index (χ0) is 10.3. The molecule has 2 N–H and O–H groups in total. The van der Waals surface area contributed by atoms with E-state index in [1.807, 2.05) is 0 Å². The summed E-state index contributed by atoms with van der Waals surface area (Å²) >= 11 is 0. The van der Waals surface area contributed by atoms with Gasteiger partial charge in [0.15, 0.2) is 0 Å². The standard InChI is InChI=1S/C10H20N2O.Li.H/c1-9(2)5-6-10(3,4)12(7-9)8(11)13;;/h5-7H2,1-4H3,(H2,11,13);;.